The van der Waals surface area contributed by atoms with Crippen LogP contribution in [-0.2, 0) is 6.61 Å². The van der Waals surface area contributed by atoms with Crippen LogP contribution in [0.5, 0.6) is 0 Å². The van der Waals surface area contributed by atoms with Crippen molar-refractivity contribution in [1.29, 1.82) is 0 Å². The monoisotopic (exact) mass is 225 g/mol. The van der Waals surface area contributed by atoms with Crippen LogP contribution in [0.4, 0.5) is 0 Å². The summed E-state index contributed by atoms with van der Waals surface area (Å²) in [6, 6.07) is 2.06. The molecule has 80 valence electrons. The van der Waals surface area contributed by atoms with Gasteiger partial charge in [0.25, 0.3) is 0 Å². The minimum absolute atomic E-state index is 0.0229. The van der Waals surface area contributed by atoms with Gasteiger partial charge in [-0.05, 0) is 19.9 Å². The van der Waals surface area contributed by atoms with Crippen molar-refractivity contribution in [3.05, 3.63) is 23.2 Å². The van der Waals surface area contributed by atoms with Crippen LogP contribution in [-0.4, -0.2) is 19.6 Å². The van der Waals surface area contributed by atoms with Gasteiger partial charge in [-0.1, -0.05) is 11.6 Å². The van der Waals surface area contributed by atoms with Crippen molar-refractivity contribution in [1.82, 2.24) is 14.5 Å². The van der Waals surface area contributed by atoms with Crippen LogP contribution in [0, 0.1) is 0 Å². The Balaban J connectivity index is 2.80. The number of aliphatic hydroxyl groups excluding tert-OH is 1. The van der Waals surface area contributed by atoms with Crippen LogP contribution in [0.25, 0.3) is 11.0 Å². The van der Waals surface area contributed by atoms with Crippen LogP contribution in [0.2, 0.25) is 5.15 Å². The van der Waals surface area contributed by atoms with E-state index in [-0.39, 0.29) is 12.6 Å². The molecule has 2 aromatic heterocycles. The van der Waals surface area contributed by atoms with Gasteiger partial charge in [0.05, 0.1) is 12.0 Å². The van der Waals surface area contributed by atoms with Crippen molar-refractivity contribution in [3.8, 4) is 0 Å². The highest BCUT2D eigenvalue weighted by Crippen LogP contribution is 2.26. The van der Waals surface area contributed by atoms with E-state index in [4.69, 9.17) is 11.6 Å². The van der Waals surface area contributed by atoms with Crippen LogP contribution in [0.1, 0.15) is 25.6 Å². The van der Waals surface area contributed by atoms with Gasteiger partial charge in [-0.3, -0.25) is 0 Å². The smallest absolute Gasteiger partial charge is 0.145 e. The van der Waals surface area contributed by atoms with E-state index in [1.165, 1.54) is 6.33 Å². The predicted molar refractivity (Wildman–Crippen MR) is 58.8 cm³/mol. The van der Waals surface area contributed by atoms with Gasteiger partial charge in [0.15, 0.2) is 0 Å². The second-order valence-corrected chi connectivity index (χ2v) is 4.02. The van der Waals surface area contributed by atoms with Gasteiger partial charge in [-0.2, -0.15) is 0 Å². The zero-order valence-corrected chi connectivity index (χ0v) is 9.36. The maximum atomic E-state index is 9.25. The van der Waals surface area contributed by atoms with Crippen LogP contribution < -0.4 is 0 Å². The molecule has 5 heteroatoms. The number of nitrogens with zero attached hydrogens (tertiary/aromatic N) is 3. The Morgan fingerprint density at radius 2 is 2.20 bits per heavy atom. The molecular weight excluding hydrogens is 214 g/mol. The molecule has 0 saturated carbocycles. The van der Waals surface area contributed by atoms with Crippen molar-refractivity contribution in [2.45, 2.75) is 26.5 Å². The molecule has 2 rings (SSSR count). The Morgan fingerprint density at radius 1 is 1.47 bits per heavy atom. The Kier molecular flexibility index (Phi) is 2.63. The summed E-state index contributed by atoms with van der Waals surface area (Å²) in [6.07, 6.45) is 1.44. The number of fused-ring (bicyclic) bond motifs is 1. The molecule has 0 saturated heterocycles. The van der Waals surface area contributed by atoms with Crippen molar-refractivity contribution < 1.29 is 5.11 Å². The average Bonchev–Trinajstić information content (AvgIpc) is 2.57. The molecule has 0 bridgehead atoms. The lowest BCUT2D eigenvalue weighted by molar-refractivity contribution is 0.269. The van der Waals surface area contributed by atoms with Gasteiger partial charge in [-0.15, -0.1) is 0 Å². The Morgan fingerprint density at radius 3 is 2.80 bits per heavy atom. The molecular formula is C10H12ClN3O. The highest BCUT2D eigenvalue weighted by molar-refractivity contribution is 6.33. The molecule has 0 aliphatic carbocycles. The quantitative estimate of drug-likeness (QED) is 0.797. The first-order chi connectivity index (χ1) is 7.15. The highest BCUT2D eigenvalue weighted by atomic mass is 35.5. The third kappa shape index (κ3) is 1.60. The number of aliphatic hydroxyl groups is 1. The number of hydrogen-bond donors (Lipinski definition) is 1. The first kappa shape index (κ1) is 10.4. The summed E-state index contributed by atoms with van der Waals surface area (Å²) in [4.78, 5) is 8.10. The molecule has 0 unspecified atom stereocenters. The minimum Gasteiger partial charge on any atom is -0.390 e. The molecule has 0 amide bonds. The summed E-state index contributed by atoms with van der Waals surface area (Å²) in [5.74, 6) is 0. The number of rotatable bonds is 2. The van der Waals surface area contributed by atoms with E-state index in [1.807, 2.05) is 24.5 Å². The van der Waals surface area contributed by atoms with Gasteiger partial charge in [0.1, 0.15) is 17.1 Å². The van der Waals surface area contributed by atoms with Crippen LogP contribution >= 0.6 is 11.6 Å². The number of aromatic nitrogens is 3. The Labute approximate surface area is 92.5 Å². The summed E-state index contributed by atoms with van der Waals surface area (Å²) in [5.41, 5.74) is 1.58. The number of halogens is 1. The molecule has 0 aromatic carbocycles. The van der Waals surface area contributed by atoms with E-state index in [1.54, 1.807) is 0 Å². The fourth-order valence-electron chi connectivity index (χ4n) is 1.75. The zero-order valence-electron chi connectivity index (χ0n) is 8.61. The third-order valence-corrected chi connectivity index (χ3v) is 2.64. The van der Waals surface area contributed by atoms with Crippen molar-refractivity contribution in [3.63, 3.8) is 0 Å². The lowest BCUT2D eigenvalue weighted by Crippen LogP contribution is -2.06. The molecule has 1 N–H and O–H groups in total. The lowest BCUT2D eigenvalue weighted by atomic mass is 10.3. The summed E-state index contributed by atoms with van der Waals surface area (Å²) in [6.45, 7) is 4.05. The van der Waals surface area contributed by atoms with E-state index in [0.717, 1.165) is 16.7 Å². The van der Waals surface area contributed by atoms with Crippen LogP contribution in [0.15, 0.2) is 12.4 Å². The molecule has 0 aliphatic rings. The first-order valence-corrected chi connectivity index (χ1v) is 5.14. The maximum Gasteiger partial charge on any atom is 0.145 e. The van der Waals surface area contributed by atoms with Crippen molar-refractivity contribution >= 4 is 22.6 Å². The lowest BCUT2D eigenvalue weighted by Gasteiger charge is -2.11. The van der Waals surface area contributed by atoms with Crippen molar-refractivity contribution in [2.75, 3.05) is 0 Å². The number of hydrogen-bond acceptors (Lipinski definition) is 3. The second-order valence-electron chi connectivity index (χ2n) is 3.66. The molecule has 0 atom stereocenters. The van der Waals surface area contributed by atoms with Gasteiger partial charge in [0.2, 0.25) is 0 Å². The van der Waals surface area contributed by atoms with Crippen LogP contribution in [0.3, 0.4) is 0 Å². The largest absolute Gasteiger partial charge is 0.390 e. The van der Waals surface area contributed by atoms with Gasteiger partial charge in [0, 0.05) is 11.7 Å². The minimum atomic E-state index is -0.0229. The molecule has 15 heavy (non-hydrogen) atoms. The molecule has 2 heterocycles. The van der Waals surface area contributed by atoms with Crippen molar-refractivity contribution in [2.24, 2.45) is 0 Å². The zero-order chi connectivity index (χ0) is 11.0. The standard InChI is InChI=1S/C10H12ClN3O/c1-6(2)14-7(4-15)3-8-9(11)12-5-13-10(8)14/h3,5-6,15H,4H2,1-2H3. The molecule has 0 radical (unpaired) electrons. The van der Waals surface area contributed by atoms with Gasteiger partial charge >= 0.3 is 0 Å². The average molecular weight is 226 g/mol. The van der Waals surface area contributed by atoms with E-state index < -0.39 is 0 Å². The summed E-state index contributed by atoms with van der Waals surface area (Å²) >= 11 is 5.96. The fourth-order valence-corrected chi connectivity index (χ4v) is 1.93. The SMILES string of the molecule is CC(C)n1c(CO)cc2c(Cl)ncnc21. The predicted octanol–water partition coefficient (Wildman–Crippen LogP) is 2.16. The van der Waals surface area contributed by atoms with Gasteiger partial charge in [-0.25, -0.2) is 9.97 Å². The molecule has 4 nitrogen and oxygen atoms in total. The topological polar surface area (TPSA) is 50.9 Å². The third-order valence-electron chi connectivity index (χ3n) is 2.34. The van der Waals surface area contributed by atoms with E-state index >= 15 is 0 Å². The second kappa shape index (κ2) is 3.79. The Hall–Kier alpha value is -1.13. The fraction of sp³-hybridized carbons (Fsp3) is 0.400. The first-order valence-electron chi connectivity index (χ1n) is 4.76. The van der Waals surface area contributed by atoms with E-state index in [2.05, 4.69) is 9.97 Å². The summed E-state index contributed by atoms with van der Waals surface area (Å²) < 4.78 is 1.96. The molecule has 2 aromatic rings. The molecule has 0 spiro atoms. The highest BCUT2D eigenvalue weighted by Gasteiger charge is 2.14. The van der Waals surface area contributed by atoms with E-state index in [0.29, 0.717) is 5.15 Å². The maximum absolute atomic E-state index is 9.25. The molecule has 0 aliphatic heterocycles. The van der Waals surface area contributed by atoms with E-state index in [9.17, 15) is 5.11 Å². The Bertz CT molecular complexity index is 493. The summed E-state index contributed by atoms with van der Waals surface area (Å²) in [5, 5.41) is 10.5. The normalized spacial score (nSPS) is 11.5. The molecule has 0 fully saturated rings. The van der Waals surface area contributed by atoms with Gasteiger partial charge < -0.3 is 9.67 Å². The summed E-state index contributed by atoms with van der Waals surface area (Å²) in [7, 11) is 0.